The fraction of sp³-hybridized carbons (Fsp3) is 0.333. The highest BCUT2D eigenvalue weighted by Crippen LogP contribution is 2.30. The number of likely N-dealkylation sites (tertiary alicyclic amines) is 1. The standard InChI is InChI=1S/C27H30ClFN2O2/c1-4-5-22(26(32)18(3)30)23-16-24(25(28)14-17(23)2)27(33)31-12-10-20(11-13-31)15-19-6-8-21(29)9-7-19/h5-9,14,16,20H,3-4,10-13,15,30H2,1-2H3/b22-5+. The summed E-state index contributed by atoms with van der Waals surface area (Å²) in [5.74, 6) is -0.280. The van der Waals surface area contributed by atoms with Crippen LogP contribution in [0.4, 0.5) is 4.39 Å². The molecule has 1 heterocycles. The summed E-state index contributed by atoms with van der Waals surface area (Å²) < 4.78 is 13.1. The van der Waals surface area contributed by atoms with Crippen molar-refractivity contribution in [2.45, 2.75) is 39.5 Å². The van der Waals surface area contributed by atoms with Crippen LogP contribution in [0.3, 0.4) is 0 Å². The number of halogens is 2. The van der Waals surface area contributed by atoms with Crippen LogP contribution in [0.2, 0.25) is 5.02 Å². The van der Waals surface area contributed by atoms with Crippen molar-refractivity contribution in [3.8, 4) is 0 Å². The van der Waals surface area contributed by atoms with Crippen LogP contribution in [0.15, 0.2) is 54.8 Å². The van der Waals surface area contributed by atoms with Crippen LogP contribution >= 0.6 is 11.6 Å². The van der Waals surface area contributed by atoms with Crippen molar-refractivity contribution in [1.82, 2.24) is 4.90 Å². The first-order valence-electron chi connectivity index (χ1n) is 11.2. The number of Topliss-reactive ketones (excluding diaryl/α,β-unsaturated/α-hetero) is 1. The highest BCUT2D eigenvalue weighted by atomic mass is 35.5. The zero-order valence-corrected chi connectivity index (χ0v) is 19.9. The summed E-state index contributed by atoms with van der Waals surface area (Å²) in [6.45, 7) is 8.61. The van der Waals surface area contributed by atoms with Gasteiger partial charge in [0.25, 0.3) is 5.91 Å². The van der Waals surface area contributed by atoms with Crippen LogP contribution in [0.5, 0.6) is 0 Å². The van der Waals surface area contributed by atoms with Gasteiger partial charge in [0.05, 0.1) is 16.3 Å². The Morgan fingerprint density at radius 1 is 1.18 bits per heavy atom. The van der Waals surface area contributed by atoms with Gasteiger partial charge < -0.3 is 10.6 Å². The Morgan fingerprint density at radius 3 is 2.39 bits per heavy atom. The van der Waals surface area contributed by atoms with Gasteiger partial charge in [-0.05, 0) is 79.5 Å². The van der Waals surface area contributed by atoms with E-state index in [1.807, 2.05) is 30.9 Å². The number of carbonyl (C=O) groups is 2. The van der Waals surface area contributed by atoms with Crippen LogP contribution in [-0.4, -0.2) is 29.7 Å². The van der Waals surface area contributed by atoms with Crippen LogP contribution in [0.25, 0.3) is 5.57 Å². The van der Waals surface area contributed by atoms with E-state index < -0.39 is 0 Å². The molecule has 0 atom stereocenters. The van der Waals surface area contributed by atoms with Gasteiger partial charge in [0, 0.05) is 18.7 Å². The normalized spacial score (nSPS) is 14.9. The first-order chi connectivity index (χ1) is 15.7. The lowest BCUT2D eigenvalue weighted by Gasteiger charge is -2.32. The molecule has 2 aromatic rings. The molecule has 1 aliphatic rings. The monoisotopic (exact) mass is 468 g/mol. The molecule has 6 heteroatoms. The van der Waals surface area contributed by atoms with E-state index in [4.69, 9.17) is 17.3 Å². The summed E-state index contributed by atoms with van der Waals surface area (Å²) in [6.07, 6.45) is 5.04. The third-order valence-corrected chi connectivity index (χ3v) is 6.43. The van der Waals surface area contributed by atoms with Gasteiger partial charge in [0.2, 0.25) is 5.78 Å². The molecule has 174 valence electrons. The van der Waals surface area contributed by atoms with Crippen molar-refractivity contribution >= 4 is 28.9 Å². The van der Waals surface area contributed by atoms with Crippen molar-refractivity contribution in [3.05, 3.63) is 87.8 Å². The van der Waals surface area contributed by atoms with Gasteiger partial charge in [0.15, 0.2) is 0 Å². The second kappa shape index (κ2) is 10.8. The van der Waals surface area contributed by atoms with E-state index in [1.165, 1.54) is 12.1 Å². The Balaban J connectivity index is 1.76. The summed E-state index contributed by atoms with van der Waals surface area (Å²) in [4.78, 5) is 27.8. The molecule has 1 fully saturated rings. The second-order valence-corrected chi connectivity index (χ2v) is 9.00. The van der Waals surface area contributed by atoms with Gasteiger partial charge in [-0.3, -0.25) is 9.59 Å². The van der Waals surface area contributed by atoms with Crippen LogP contribution in [0.1, 0.15) is 53.2 Å². The molecule has 4 nitrogen and oxygen atoms in total. The highest BCUT2D eigenvalue weighted by Gasteiger charge is 2.26. The van der Waals surface area contributed by atoms with Crippen molar-refractivity contribution in [1.29, 1.82) is 0 Å². The lowest BCUT2D eigenvalue weighted by molar-refractivity contribution is -0.110. The maximum absolute atomic E-state index is 13.3. The van der Waals surface area contributed by atoms with Gasteiger partial charge in [0.1, 0.15) is 5.82 Å². The number of amides is 1. The highest BCUT2D eigenvalue weighted by molar-refractivity contribution is 6.34. The maximum Gasteiger partial charge on any atom is 0.255 e. The lowest BCUT2D eigenvalue weighted by Crippen LogP contribution is -2.39. The summed E-state index contributed by atoms with van der Waals surface area (Å²) in [6, 6.07) is 10.0. The molecule has 2 N–H and O–H groups in total. The fourth-order valence-corrected chi connectivity index (χ4v) is 4.59. The van der Waals surface area contributed by atoms with Crippen LogP contribution in [-0.2, 0) is 11.2 Å². The second-order valence-electron chi connectivity index (χ2n) is 8.59. The van der Waals surface area contributed by atoms with Crippen molar-refractivity contribution in [2.24, 2.45) is 11.7 Å². The number of carbonyl (C=O) groups excluding carboxylic acids is 2. The molecule has 0 aliphatic carbocycles. The Kier molecular flexibility index (Phi) is 8.09. The van der Waals surface area contributed by atoms with E-state index in [0.29, 0.717) is 47.2 Å². The predicted molar refractivity (Wildman–Crippen MR) is 132 cm³/mol. The van der Waals surface area contributed by atoms with Crippen molar-refractivity contribution < 1.29 is 14.0 Å². The Hall–Kier alpha value is -2.92. The van der Waals surface area contributed by atoms with Gasteiger partial charge >= 0.3 is 0 Å². The summed E-state index contributed by atoms with van der Waals surface area (Å²) in [7, 11) is 0. The third kappa shape index (κ3) is 5.91. The number of piperidine rings is 1. The maximum atomic E-state index is 13.3. The molecule has 0 saturated carbocycles. The van der Waals surface area contributed by atoms with Gasteiger partial charge in [-0.25, -0.2) is 4.39 Å². The Bertz CT molecular complexity index is 1080. The quantitative estimate of drug-likeness (QED) is 0.529. The lowest BCUT2D eigenvalue weighted by atomic mass is 9.89. The zero-order valence-electron chi connectivity index (χ0n) is 19.2. The van der Waals surface area contributed by atoms with Crippen LogP contribution < -0.4 is 5.73 Å². The topological polar surface area (TPSA) is 63.4 Å². The molecule has 1 saturated heterocycles. The number of hydrogen-bond donors (Lipinski definition) is 1. The molecule has 3 rings (SSSR count). The van der Waals surface area contributed by atoms with Gasteiger partial charge in [-0.1, -0.05) is 43.3 Å². The van der Waals surface area contributed by atoms with Crippen molar-refractivity contribution in [3.63, 3.8) is 0 Å². The molecule has 2 aromatic carbocycles. The minimum atomic E-state index is -0.345. The van der Waals surface area contributed by atoms with E-state index in [2.05, 4.69) is 6.58 Å². The van der Waals surface area contributed by atoms with Gasteiger partial charge in [-0.15, -0.1) is 0 Å². The first-order valence-corrected chi connectivity index (χ1v) is 11.6. The average molecular weight is 469 g/mol. The number of nitrogens with zero attached hydrogens (tertiary/aromatic N) is 1. The number of nitrogens with two attached hydrogens (primary N) is 1. The SMILES string of the molecule is C=C(N)C(=O)/C(=C/CC)c1cc(C(=O)N2CCC(Cc3ccc(F)cc3)CC2)c(Cl)cc1C. The molecule has 1 aliphatic heterocycles. The summed E-state index contributed by atoms with van der Waals surface area (Å²) in [5, 5.41) is 0.365. The van der Waals surface area contributed by atoms with E-state index in [1.54, 1.807) is 18.2 Å². The number of benzene rings is 2. The largest absolute Gasteiger partial charge is 0.396 e. The minimum Gasteiger partial charge on any atom is -0.396 e. The first kappa shape index (κ1) is 24.7. The zero-order chi connectivity index (χ0) is 24.1. The van der Waals surface area contributed by atoms with E-state index in [0.717, 1.165) is 30.4 Å². The van der Waals surface area contributed by atoms with E-state index >= 15 is 0 Å². The molecular formula is C27H30ClFN2O2. The molecule has 0 radical (unpaired) electrons. The number of allylic oxidation sites excluding steroid dienone is 2. The average Bonchev–Trinajstić information content (AvgIpc) is 2.79. The minimum absolute atomic E-state index is 0.0415. The molecule has 0 spiro atoms. The predicted octanol–water partition coefficient (Wildman–Crippen LogP) is 5.72. The molecule has 0 aromatic heterocycles. The van der Waals surface area contributed by atoms with E-state index in [-0.39, 0.29) is 23.2 Å². The Labute approximate surface area is 199 Å². The molecule has 1 amide bonds. The number of ketones is 1. The smallest absolute Gasteiger partial charge is 0.255 e. The molecule has 0 unspecified atom stereocenters. The Morgan fingerprint density at radius 2 is 1.82 bits per heavy atom. The number of aryl methyl sites for hydroxylation is 1. The fourth-order valence-electron chi connectivity index (χ4n) is 4.29. The van der Waals surface area contributed by atoms with Crippen molar-refractivity contribution in [2.75, 3.05) is 13.1 Å². The molecule has 0 bridgehead atoms. The number of rotatable bonds is 7. The summed E-state index contributed by atoms with van der Waals surface area (Å²) in [5.41, 5.74) is 8.99. The molecule has 33 heavy (non-hydrogen) atoms. The summed E-state index contributed by atoms with van der Waals surface area (Å²) >= 11 is 6.46. The van der Waals surface area contributed by atoms with Crippen LogP contribution in [0, 0.1) is 18.7 Å². The third-order valence-electron chi connectivity index (χ3n) is 6.12. The van der Waals surface area contributed by atoms with E-state index in [9.17, 15) is 14.0 Å². The number of hydrogen-bond acceptors (Lipinski definition) is 3. The molecular weight excluding hydrogens is 439 g/mol. The van der Waals surface area contributed by atoms with Gasteiger partial charge in [-0.2, -0.15) is 0 Å².